The second kappa shape index (κ2) is 4.96. The van der Waals surface area contributed by atoms with Crippen molar-refractivity contribution in [3.05, 3.63) is 18.1 Å². The van der Waals surface area contributed by atoms with Crippen LogP contribution < -0.4 is 0 Å². The molecule has 0 spiro atoms. The van der Waals surface area contributed by atoms with E-state index in [4.69, 9.17) is 0 Å². The number of thioether (sulfide) groups is 1. The van der Waals surface area contributed by atoms with Gasteiger partial charge in [-0.25, -0.2) is 9.97 Å². The van der Waals surface area contributed by atoms with Gasteiger partial charge in [0.05, 0.1) is 9.77 Å². The van der Waals surface area contributed by atoms with Crippen LogP contribution in [0.5, 0.6) is 0 Å². The lowest BCUT2D eigenvalue weighted by molar-refractivity contribution is 0.480. The molecule has 0 saturated carbocycles. The van der Waals surface area contributed by atoms with E-state index in [0.717, 1.165) is 16.6 Å². The van der Waals surface area contributed by atoms with Crippen LogP contribution in [-0.4, -0.2) is 15.7 Å². The molecule has 0 radical (unpaired) electrons. The molecule has 1 rings (SSSR count). The molecular formula is C12H20N2S2. The summed E-state index contributed by atoms with van der Waals surface area (Å²) in [5.41, 5.74) is 0.312. The monoisotopic (exact) mass is 256 g/mol. The zero-order chi connectivity index (χ0) is 12.4. The standard InChI is InChI=1S/C12H20N2S2/c1-11(2,3)8-16-9-6-7-13-10(14-9)12(4,5)15/h6-7,15H,8H2,1-5H3. The Labute approximate surface area is 108 Å². The molecule has 0 aliphatic carbocycles. The van der Waals surface area contributed by atoms with Gasteiger partial charge >= 0.3 is 0 Å². The number of aromatic nitrogens is 2. The van der Waals surface area contributed by atoms with E-state index >= 15 is 0 Å². The molecule has 0 amide bonds. The van der Waals surface area contributed by atoms with Crippen molar-refractivity contribution in [3.8, 4) is 0 Å². The van der Waals surface area contributed by atoms with Crippen molar-refractivity contribution in [3.63, 3.8) is 0 Å². The molecule has 0 bridgehead atoms. The van der Waals surface area contributed by atoms with Crippen molar-refractivity contribution in [1.29, 1.82) is 0 Å². The highest BCUT2D eigenvalue weighted by Gasteiger charge is 2.19. The molecule has 0 unspecified atom stereocenters. The quantitative estimate of drug-likeness (QED) is 0.506. The summed E-state index contributed by atoms with van der Waals surface area (Å²) in [6, 6.07) is 1.96. The first-order valence-corrected chi connectivity index (χ1v) is 6.80. The lowest BCUT2D eigenvalue weighted by Crippen LogP contribution is -2.14. The molecule has 4 heteroatoms. The Hall–Kier alpha value is -0.220. The van der Waals surface area contributed by atoms with Crippen LogP contribution in [-0.2, 0) is 4.75 Å². The fourth-order valence-electron chi connectivity index (χ4n) is 1.01. The van der Waals surface area contributed by atoms with E-state index in [1.54, 1.807) is 11.8 Å². The molecule has 2 nitrogen and oxygen atoms in total. The van der Waals surface area contributed by atoms with Gasteiger partial charge < -0.3 is 0 Å². The van der Waals surface area contributed by atoms with E-state index in [0.29, 0.717) is 5.41 Å². The van der Waals surface area contributed by atoms with Gasteiger partial charge in [-0.2, -0.15) is 12.6 Å². The van der Waals surface area contributed by atoms with E-state index in [1.165, 1.54) is 0 Å². The predicted molar refractivity (Wildman–Crippen MR) is 74.2 cm³/mol. The summed E-state index contributed by atoms with van der Waals surface area (Å²) < 4.78 is -0.279. The molecule has 0 aliphatic rings. The second-order valence-corrected chi connectivity index (χ2v) is 7.74. The number of nitrogens with zero attached hydrogens (tertiary/aromatic N) is 2. The van der Waals surface area contributed by atoms with Crippen LogP contribution in [0.15, 0.2) is 17.3 Å². The highest BCUT2D eigenvalue weighted by atomic mass is 32.2. The topological polar surface area (TPSA) is 25.8 Å². The summed E-state index contributed by atoms with van der Waals surface area (Å²) in [5.74, 6) is 1.84. The van der Waals surface area contributed by atoms with Gasteiger partial charge in [0.2, 0.25) is 0 Å². The molecule has 90 valence electrons. The Morgan fingerprint density at radius 1 is 1.25 bits per heavy atom. The average Bonchev–Trinajstić information content (AvgIpc) is 2.13. The normalized spacial score (nSPS) is 12.9. The fourth-order valence-corrected chi connectivity index (χ4v) is 2.00. The minimum atomic E-state index is -0.279. The number of hydrogen-bond donors (Lipinski definition) is 1. The zero-order valence-corrected chi connectivity index (χ0v) is 12.3. The van der Waals surface area contributed by atoms with E-state index in [9.17, 15) is 0 Å². The summed E-state index contributed by atoms with van der Waals surface area (Å²) in [7, 11) is 0. The van der Waals surface area contributed by atoms with Crippen LogP contribution in [0.2, 0.25) is 0 Å². The van der Waals surface area contributed by atoms with Crippen LogP contribution in [0.25, 0.3) is 0 Å². The van der Waals surface area contributed by atoms with E-state index in [1.807, 2.05) is 26.1 Å². The molecule has 0 saturated heterocycles. The maximum atomic E-state index is 4.52. The largest absolute Gasteiger partial charge is 0.240 e. The summed E-state index contributed by atoms with van der Waals surface area (Å²) in [6.45, 7) is 10.7. The Morgan fingerprint density at radius 2 is 1.88 bits per heavy atom. The summed E-state index contributed by atoms with van der Waals surface area (Å²) in [6.07, 6.45) is 1.81. The Kier molecular flexibility index (Phi) is 4.29. The van der Waals surface area contributed by atoms with Crippen molar-refractivity contribution in [1.82, 2.24) is 9.97 Å². The van der Waals surface area contributed by atoms with E-state index < -0.39 is 0 Å². The van der Waals surface area contributed by atoms with Crippen molar-refractivity contribution in [2.24, 2.45) is 5.41 Å². The molecule has 0 aromatic carbocycles. The van der Waals surface area contributed by atoms with Gasteiger partial charge in [0, 0.05) is 11.9 Å². The van der Waals surface area contributed by atoms with Crippen molar-refractivity contribution >= 4 is 24.4 Å². The number of hydrogen-bond acceptors (Lipinski definition) is 4. The Bertz CT molecular complexity index is 351. The SMILES string of the molecule is CC(C)(C)CSc1ccnc(C(C)(C)S)n1. The molecule has 1 aromatic rings. The molecule has 1 heterocycles. The Morgan fingerprint density at radius 3 is 2.38 bits per heavy atom. The third-order valence-corrected chi connectivity index (χ3v) is 3.56. The molecule has 0 N–H and O–H groups in total. The van der Waals surface area contributed by atoms with Gasteiger partial charge in [-0.05, 0) is 25.3 Å². The number of thiol groups is 1. The maximum absolute atomic E-state index is 4.52. The average molecular weight is 256 g/mol. The minimum absolute atomic E-state index is 0.279. The smallest absolute Gasteiger partial charge is 0.144 e. The number of rotatable bonds is 3. The lowest BCUT2D eigenvalue weighted by atomic mass is 10.0. The van der Waals surface area contributed by atoms with Crippen LogP contribution in [0.1, 0.15) is 40.4 Å². The minimum Gasteiger partial charge on any atom is -0.240 e. The third-order valence-electron chi connectivity index (χ3n) is 1.83. The van der Waals surface area contributed by atoms with Crippen LogP contribution in [0, 0.1) is 5.41 Å². The first-order chi connectivity index (χ1) is 7.18. The molecular weight excluding hydrogens is 236 g/mol. The first-order valence-electron chi connectivity index (χ1n) is 5.37. The summed E-state index contributed by atoms with van der Waals surface area (Å²) in [4.78, 5) is 8.78. The van der Waals surface area contributed by atoms with Gasteiger partial charge in [-0.15, -0.1) is 11.8 Å². The van der Waals surface area contributed by atoms with Gasteiger partial charge in [0.15, 0.2) is 0 Å². The van der Waals surface area contributed by atoms with Crippen molar-refractivity contribution in [2.45, 2.75) is 44.4 Å². The summed E-state index contributed by atoms with van der Waals surface area (Å²) >= 11 is 6.25. The van der Waals surface area contributed by atoms with Crippen LogP contribution >= 0.6 is 24.4 Å². The predicted octanol–water partition coefficient (Wildman–Crippen LogP) is 3.78. The van der Waals surface area contributed by atoms with Crippen LogP contribution in [0.4, 0.5) is 0 Å². The lowest BCUT2D eigenvalue weighted by Gasteiger charge is -2.18. The first kappa shape index (κ1) is 13.8. The van der Waals surface area contributed by atoms with Gasteiger partial charge in [0.25, 0.3) is 0 Å². The van der Waals surface area contributed by atoms with Crippen molar-refractivity contribution in [2.75, 3.05) is 5.75 Å². The molecule has 0 atom stereocenters. The van der Waals surface area contributed by atoms with Crippen LogP contribution in [0.3, 0.4) is 0 Å². The van der Waals surface area contributed by atoms with Gasteiger partial charge in [-0.1, -0.05) is 20.8 Å². The molecule has 1 aromatic heterocycles. The van der Waals surface area contributed by atoms with Crippen molar-refractivity contribution < 1.29 is 0 Å². The molecule has 0 aliphatic heterocycles. The molecule has 0 fully saturated rings. The highest BCUT2D eigenvalue weighted by Crippen LogP contribution is 2.28. The van der Waals surface area contributed by atoms with E-state index in [2.05, 4.69) is 43.4 Å². The second-order valence-electron chi connectivity index (χ2n) is 5.63. The summed E-state index contributed by atoms with van der Waals surface area (Å²) in [5, 5.41) is 1.03. The zero-order valence-electron chi connectivity index (χ0n) is 10.6. The molecule has 16 heavy (non-hydrogen) atoms. The van der Waals surface area contributed by atoms with E-state index in [-0.39, 0.29) is 4.75 Å². The fraction of sp³-hybridized carbons (Fsp3) is 0.667. The van der Waals surface area contributed by atoms with Gasteiger partial charge in [-0.3, -0.25) is 0 Å². The van der Waals surface area contributed by atoms with Gasteiger partial charge in [0.1, 0.15) is 5.82 Å². The Balaban J connectivity index is 2.76. The maximum Gasteiger partial charge on any atom is 0.144 e. The third kappa shape index (κ3) is 4.74. The highest BCUT2D eigenvalue weighted by molar-refractivity contribution is 7.99.